The Kier molecular flexibility index (Phi) is 7.33. The third kappa shape index (κ3) is 5.67. The van der Waals surface area contributed by atoms with Crippen molar-refractivity contribution in [1.29, 1.82) is 0 Å². The van der Waals surface area contributed by atoms with Gasteiger partial charge in [-0.25, -0.2) is 0 Å². The number of hydrogen-bond donors (Lipinski definition) is 1. The molecule has 1 aliphatic carbocycles. The highest BCUT2D eigenvalue weighted by molar-refractivity contribution is 5.17. The molecule has 156 valence electrons. The standard InChI is InChI=1S/C25H33NO3/c27-24(21-11-5-2-6-12-21)19-29-25-14-8-7-13-23(25)26-16-15-22(17-26)28-18-20-9-3-1-4-10-20/h1-6,9-12,22-25,27H,7-8,13-19H2. The van der Waals surface area contributed by atoms with Crippen molar-refractivity contribution in [2.24, 2.45) is 0 Å². The highest BCUT2D eigenvalue weighted by atomic mass is 16.5. The van der Waals surface area contributed by atoms with Crippen molar-refractivity contribution in [2.75, 3.05) is 19.7 Å². The molecule has 4 rings (SSSR count). The van der Waals surface area contributed by atoms with Gasteiger partial charge in [-0.05, 0) is 30.4 Å². The zero-order valence-electron chi connectivity index (χ0n) is 17.2. The zero-order valence-corrected chi connectivity index (χ0v) is 17.2. The summed E-state index contributed by atoms with van der Waals surface area (Å²) < 4.78 is 12.4. The summed E-state index contributed by atoms with van der Waals surface area (Å²) in [7, 11) is 0. The number of aliphatic hydroxyl groups is 1. The highest BCUT2D eigenvalue weighted by Crippen LogP contribution is 2.30. The van der Waals surface area contributed by atoms with Crippen LogP contribution >= 0.6 is 0 Å². The van der Waals surface area contributed by atoms with E-state index in [0.717, 1.165) is 31.5 Å². The van der Waals surface area contributed by atoms with Crippen molar-refractivity contribution in [3.8, 4) is 0 Å². The molecule has 1 N–H and O–H groups in total. The van der Waals surface area contributed by atoms with Gasteiger partial charge in [0.2, 0.25) is 0 Å². The lowest BCUT2D eigenvalue weighted by Gasteiger charge is -2.38. The number of rotatable bonds is 8. The van der Waals surface area contributed by atoms with Crippen LogP contribution in [0.1, 0.15) is 49.3 Å². The van der Waals surface area contributed by atoms with Crippen LogP contribution in [0.15, 0.2) is 60.7 Å². The smallest absolute Gasteiger partial charge is 0.102 e. The van der Waals surface area contributed by atoms with Gasteiger partial charge in [-0.15, -0.1) is 0 Å². The quantitative estimate of drug-likeness (QED) is 0.722. The molecule has 1 saturated heterocycles. The molecule has 0 radical (unpaired) electrons. The molecule has 29 heavy (non-hydrogen) atoms. The van der Waals surface area contributed by atoms with Crippen LogP contribution in [-0.2, 0) is 16.1 Å². The van der Waals surface area contributed by atoms with E-state index >= 15 is 0 Å². The van der Waals surface area contributed by atoms with Gasteiger partial charge in [0.1, 0.15) is 6.10 Å². The van der Waals surface area contributed by atoms with Crippen LogP contribution in [0.5, 0.6) is 0 Å². The monoisotopic (exact) mass is 395 g/mol. The first-order chi connectivity index (χ1) is 14.3. The molecule has 1 aliphatic heterocycles. The summed E-state index contributed by atoms with van der Waals surface area (Å²) in [5.74, 6) is 0. The van der Waals surface area contributed by atoms with Crippen molar-refractivity contribution in [3.63, 3.8) is 0 Å². The van der Waals surface area contributed by atoms with Gasteiger partial charge >= 0.3 is 0 Å². The Morgan fingerprint density at radius 1 is 0.897 bits per heavy atom. The molecule has 2 aliphatic rings. The molecule has 2 aromatic rings. The Morgan fingerprint density at radius 2 is 1.62 bits per heavy atom. The van der Waals surface area contributed by atoms with Crippen molar-refractivity contribution >= 4 is 0 Å². The van der Waals surface area contributed by atoms with Crippen LogP contribution in [-0.4, -0.2) is 48.0 Å². The molecule has 4 unspecified atom stereocenters. The van der Waals surface area contributed by atoms with Crippen LogP contribution in [0.25, 0.3) is 0 Å². The van der Waals surface area contributed by atoms with Gasteiger partial charge in [-0.1, -0.05) is 73.5 Å². The maximum absolute atomic E-state index is 10.5. The minimum atomic E-state index is -0.556. The van der Waals surface area contributed by atoms with Crippen LogP contribution < -0.4 is 0 Å². The second-order valence-corrected chi connectivity index (χ2v) is 8.35. The summed E-state index contributed by atoms with van der Waals surface area (Å²) in [5, 5.41) is 10.5. The zero-order chi connectivity index (χ0) is 19.9. The van der Waals surface area contributed by atoms with Gasteiger partial charge in [-0.2, -0.15) is 0 Å². The van der Waals surface area contributed by atoms with Crippen LogP contribution in [0.2, 0.25) is 0 Å². The summed E-state index contributed by atoms with van der Waals surface area (Å²) in [6.45, 7) is 3.12. The summed E-state index contributed by atoms with van der Waals surface area (Å²) in [6, 6.07) is 20.7. The fourth-order valence-electron chi connectivity index (χ4n) is 4.66. The molecule has 0 amide bonds. The lowest BCUT2D eigenvalue weighted by Crippen LogP contribution is -2.46. The molecule has 4 nitrogen and oxygen atoms in total. The molecule has 0 bridgehead atoms. The molecule has 0 aromatic heterocycles. The first kappa shape index (κ1) is 20.5. The number of nitrogens with zero attached hydrogens (tertiary/aromatic N) is 1. The fraction of sp³-hybridized carbons (Fsp3) is 0.520. The van der Waals surface area contributed by atoms with Gasteiger partial charge in [-0.3, -0.25) is 4.90 Å². The maximum atomic E-state index is 10.5. The van der Waals surface area contributed by atoms with E-state index in [2.05, 4.69) is 29.2 Å². The van der Waals surface area contributed by atoms with Gasteiger partial charge in [0.25, 0.3) is 0 Å². The minimum Gasteiger partial charge on any atom is -0.386 e. The maximum Gasteiger partial charge on any atom is 0.102 e. The summed E-state index contributed by atoms with van der Waals surface area (Å²) in [6.07, 6.45) is 5.77. The highest BCUT2D eigenvalue weighted by Gasteiger charge is 2.35. The second kappa shape index (κ2) is 10.4. The average molecular weight is 396 g/mol. The summed E-state index contributed by atoms with van der Waals surface area (Å²) in [4.78, 5) is 2.56. The largest absolute Gasteiger partial charge is 0.386 e. The lowest BCUT2D eigenvalue weighted by atomic mass is 9.91. The van der Waals surface area contributed by atoms with Gasteiger partial charge in [0, 0.05) is 19.1 Å². The van der Waals surface area contributed by atoms with E-state index in [1.807, 2.05) is 36.4 Å². The summed E-state index contributed by atoms with van der Waals surface area (Å²) >= 11 is 0. The molecule has 1 heterocycles. The normalized spacial score (nSPS) is 26.4. The number of benzene rings is 2. The Labute approximate surface area is 174 Å². The van der Waals surface area contributed by atoms with Crippen molar-refractivity contribution in [1.82, 2.24) is 4.90 Å². The minimum absolute atomic E-state index is 0.204. The van der Waals surface area contributed by atoms with Gasteiger partial charge in [0.15, 0.2) is 0 Å². The molecular formula is C25H33NO3. The molecule has 0 spiro atoms. The van der Waals surface area contributed by atoms with Crippen molar-refractivity contribution in [3.05, 3.63) is 71.8 Å². The predicted octanol–water partition coefficient (Wildman–Crippen LogP) is 4.34. The first-order valence-electron chi connectivity index (χ1n) is 11.0. The van der Waals surface area contributed by atoms with Crippen LogP contribution in [0.3, 0.4) is 0 Å². The molecule has 4 atom stereocenters. The summed E-state index contributed by atoms with van der Waals surface area (Å²) in [5.41, 5.74) is 2.16. The molecule has 2 fully saturated rings. The lowest BCUT2D eigenvalue weighted by molar-refractivity contribution is -0.0653. The Hall–Kier alpha value is -1.72. The Balaban J connectivity index is 1.27. The van der Waals surface area contributed by atoms with E-state index < -0.39 is 6.10 Å². The average Bonchev–Trinajstić information content (AvgIpc) is 3.26. The van der Waals surface area contributed by atoms with Crippen LogP contribution in [0.4, 0.5) is 0 Å². The number of aliphatic hydroxyl groups excluding tert-OH is 1. The molecular weight excluding hydrogens is 362 g/mol. The fourth-order valence-corrected chi connectivity index (χ4v) is 4.66. The van der Waals surface area contributed by atoms with E-state index in [0.29, 0.717) is 25.4 Å². The number of hydrogen-bond acceptors (Lipinski definition) is 4. The van der Waals surface area contributed by atoms with E-state index in [-0.39, 0.29) is 6.10 Å². The third-order valence-electron chi connectivity index (χ3n) is 6.29. The second-order valence-electron chi connectivity index (χ2n) is 8.35. The molecule has 4 heteroatoms. The van der Waals surface area contributed by atoms with Crippen molar-refractivity contribution in [2.45, 2.75) is 63.1 Å². The van der Waals surface area contributed by atoms with Gasteiger partial charge < -0.3 is 14.6 Å². The third-order valence-corrected chi connectivity index (χ3v) is 6.29. The van der Waals surface area contributed by atoms with E-state index in [1.54, 1.807) is 0 Å². The number of likely N-dealkylation sites (tertiary alicyclic amines) is 1. The SMILES string of the molecule is OC(COC1CCCCC1N1CCC(OCc2ccccc2)C1)c1ccccc1. The molecule has 1 saturated carbocycles. The van der Waals surface area contributed by atoms with E-state index in [1.165, 1.54) is 24.8 Å². The molecule has 2 aromatic carbocycles. The van der Waals surface area contributed by atoms with E-state index in [4.69, 9.17) is 9.47 Å². The first-order valence-corrected chi connectivity index (χ1v) is 11.0. The topological polar surface area (TPSA) is 41.9 Å². The van der Waals surface area contributed by atoms with Gasteiger partial charge in [0.05, 0.1) is 25.4 Å². The Morgan fingerprint density at radius 3 is 2.41 bits per heavy atom. The Bertz CT molecular complexity index is 723. The van der Waals surface area contributed by atoms with Crippen LogP contribution in [0, 0.1) is 0 Å². The number of ether oxygens (including phenoxy) is 2. The van der Waals surface area contributed by atoms with Crippen molar-refractivity contribution < 1.29 is 14.6 Å². The van der Waals surface area contributed by atoms with E-state index in [9.17, 15) is 5.11 Å². The predicted molar refractivity (Wildman–Crippen MR) is 115 cm³/mol.